The van der Waals surface area contributed by atoms with E-state index in [0.717, 1.165) is 5.56 Å². The van der Waals surface area contributed by atoms with Gasteiger partial charge >= 0.3 is 12.1 Å². The predicted molar refractivity (Wildman–Crippen MR) is 138 cm³/mol. The van der Waals surface area contributed by atoms with Crippen LogP contribution < -0.4 is 15.8 Å². The van der Waals surface area contributed by atoms with E-state index in [4.69, 9.17) is 15.2 Å². The Morgan fingerprint density at radius 2 is 1.76 bits per heavy atom. The average molecular weight is 528 g/mol. The van der Waals surface area contributed by atoms with E-state index >= 15 is 0 Å². The molecule has 0 aliphatic carbocycles. The maximum Gasteiger partial charge on any atom is 0.409 e. The van der Waals surface area contributed by atoms with Gasteiger partial charge in [0.05, 0.1) is 12.3 Å². The third-order valence-electron chi connectivity index (χ3n) is 5.86. The fourth-order valence-corrected chi connectivity index (χ4v) is 3.94. The topological polar surface area (TPSA) is 164 Å². The van der Waals surface area contributed by atoms with E-state index < -0.39 is 29.9 Å². The highest BCUT2D eigenvalue weighted by atomic mass is 16.6. The molecule has 2 aromatic rings. The molecule has 0 spiro atoms. The van der Waals surface area contributed by atoms with E-state index in [0.29, 0.717) is 11.4 Å². The summed E-state index contributed by atoms with van der Waals surface area (Å²) in [6, 6.07) is 11.3. The Hall–Kier alpha value is -4.19. The van der Waals surface area contributed by atoms with E-state index in [1.54, 1.807) is 13.0 Å². The molecule has 38 heavy (non-hydrogen) atoms. The monoisotopic (exact) mass is 527 g/mol. The molecule has 1 aliphatic heterocycles. The van der Waals surface area contributed by atoms with Gasteiger partial charge in [-0.3, -0.25) is 14.4 Å². The van der Waals surface area contributed by atoms with Gasteiger partial charge in [-0.15, -0.1) is 0 Å². The number of aromatic nitrogens is 1. The fourth-order valence-electron chi connectivity index (χ4n) is 3.94. The van der Waals surface area contributed by atoms with Crippen molar-refractivity contribution in [2.45, 2.75) is 25.8 Å². The first-order valence-corrected chi connectivity index (χ1v) is 12.5. The summed E-state index contributed by atoms with van der Waals surface area (Å²) in [6.07, 6.45) is -0.873. The van der Waals surface area contributed by atoms with Crippen LogP contribution in [0.5, 0.6) is 5.75 Å². The first kappa shape index (κ1) is 28.4. The predicted octanol–water partition coefficient (Wildman–Crippen LogP) is 1.35. The average Bonchev–Trinajstić information content (AvgIpc) is 2.94. The molecule has 1 atom stereocenters. The molecular formula is C26H33N5O7. The van der Waals surface area contributed by atoms with E-state index in [1.165, 1.54) is 15.9 Å². The van der Waals surface area contributed by atoms with E-state index in [-0.39, 0.29) is 64.5 Å². The van der Waals surface area contributed by atoms with Gasteiger partial charge in [0.25, 0.3) is 5.91 Å². The van der Waals surface area contributed by atoms with Crippen LogP contribution in [0.15, 0.2) is 42.5 Å². The molecule has 1 aliphatic rings. The van der Waals surface area contributed by atoms with Crippen LogP contribution >= 0.6 is 0 Å². The number of nitrogens with two attached hydrogens (primary N) is 1. The molecule has 0 radical (unpaired) electrons. The number of piperazine rings is 1. The molecule has 0 saturated carbocycles. The summed E-state index contributed by atoms with van der Waals surface area (Å²) in [5.74, 6) is -1.78. The largest absolute Gasteiger partial charge is 0.492 e. The van der Waals surface area contributed by atoms with E-state index in [9.17, 15) is 24.3 Å². The zero-order valence-electron chi connectivity index (χ0n) is 21.3. The number of nitrogens with one attached hydrogen (secondary N) is 1. The molecule has 204 valence electrons. The molecule has 3 amide bonds. The normalized spacial score (nSPS) is 13.9. The molecular weight excluding hydrogens is 494 g/mol. The highest BCUT2D eigenvalue weighted by Crippen LogP contribution is 2.23. The number of nitrogens with zero attached hydrogens (tertiary/aromatic N) is 3. The van der Waals surface area contributed by atoms with E-state index in [1.807, 2.05) is 30.3 Å². The minimum absolute atomic E-state index is 0.0126. The van der Waals surface area contributed by atoms with Crippen molar-refractivity contribution in [1.82, 2.24) is 20.1 Å². The van der Waals surface area contributed by atoms with Gasteiger partial charge in [-0.1, -0.05) is 30.3 Å². The number of aliphatic carboxylic acids is 1. The summed E-state index contributed by atoms with van der Waals surface area (Å²) < 4.78 is 10.6. The van der Waals surface area contributed by atoms with Crippen LogP contribution in [0.4, 0.5) is 4.79 Å². The fraction of sp³-hybridized carbons (Fsp3) is 0.423. The summed E-state index contributed by atoms with van der Waals surface area (Å²) in [5.41, 5.74) is 6.82. The van der Waals surface area contributed by atoms with Gasteiger partial charge in [-0.25, -0.2) is 9.78 Å². The summed E-state index contributed by atoms with van der Waals surface area (Å²) in [5, 5.41) is 11.9. The second kappa shape index (κ2) is 13.9. The molecule has 0 unspecified atom stereocenters. The van der Waals surface area contributed by atoms with Crippen molar-refractivity contribution in [3.8, 4) is 17.0 Å². The second-order valence-corrected chi connectivity index (χ2v) is 8.55. The summed E-state index contributed by atoms with van der Waals surface area (Å²) in [7, 11) is 0. The Kier molecular flexibility index (Phi) is 10.4. The lowest BCUT2D eigenvalue weighted by Crippen LogP contribution is -2.56. The third-order valence-corrected chi connectivity index (χ3v) is 5.86. The lowest BCUT2D eigenvalue weighted by atomic mass is 10.1. The molecule has 1 fully saturated rings. The summed E-state index contributed by atoms with van der Waals surface area (Å²) in [6.45, 7) is 3.48. The molecule has 2 heterocycles. The van der Waals surface area contributed by atoms with Gasteiger partial charge in [0.15, 0.2) is 0 Å². The number of pyridine rings is 1. The zero-order chi connectivity index (χ0) is 27.5. The summed E-state index contributed by atoms with van der Waals surface area (Å²) >= 11 is 0. The Bertz CT molecular complexity index is 1120. The lowest BCUT2D eigenvalue weighted by Gasteiger charge is -2.35. The van der Waals surface area contributed by atoms with Gasteiger partial charge in [0, 0.05) is 56.8 Å². The first-order chi connectivity index (χ1) is 18.3. The second-order valence-electron chi connectivity index (χ2n) is 8.55. The number of carboxylic acids is 1. The van der Waals surface area contributed by atoms with Crippen LogP contribution in [0.1, 0.15) is 30.3 Å². The Labute approximate surface area is 220 Å². The standard InChI is InChI=1S/C26H33N5O7/c1-2-37-26(36)31-13-11-30(12-14-31)25(35)20(8-9-23(32)33)29-24(34)22-17-19(38-15-10-27)16-21(28-22)18-6-4-3-5-7-18/h3-7,16-17,20H,2,8-15,27H2,1H3,(H,29,34)(H,32,33)/t20-/m0/s1. The van der Waals surface area contributed by atoms with Crippen molar-refractivity contribution >= 4 is 23.9 Å². The number of hydrogen-bond acceptors (Lipinski definition) is 8. The summed E-state index contributed by atoms with van der Waals surface area (Å²) in [4.78, 5) is 57.2. The lowest BCUT2D eigenvalue weighted by molar-refractivity contribution is -0.138. The minimum atomic E-state index is -1.09. The Morgan fingerprint density at radius 1 is 1.08 bits per heavy atom. The van der Waals surface area contributed by atoms with Crippen molar-refractivity contribution < 1.29 is 33.8 Å². The minimum Gasteiger partial charge on any atom is -0.492 e. The smallest absolute Gasteiger partial charge is 0.409 e. The first-order valence-electron chi connectivity index (χ1n) is 12.5. The highest BCUT2D eigenvalue weighted by Gasteiger charge is 2.31. The van der Waals surface area contributed by atoms with Crippen LogP contribution in [-0.2, 0) is 14.3 Å². The Morgan fingerprint density at radius 3 is 2.39 bits per heavy atom. The number of amides is 3. The van der Waals surface area contributed by atoms with Gasteiger partial charge in [0.2, 0.25) is 5.91 Å². The van der Waals surface area contributed by atoms with Crippen LogP contribution in [0.3, 0.4) is 0 Å². The van der Waals surface area contributed by atoms with Gasteiger partial charge in [-0.05, 0) is 13.3 Å². The maximum absolute atomic E-state index is 13.3. The van der Waals surface area contributed by atoms with Gasteiger partial charge in [0.1, 0.15) is 24.1 Å². The van der Waals surface area contributed by atoms with Crippen molar-refractivity contribution in [2.75, 3.05) is 45.9 Å². The number of hydrogen-bond donors (Lipinski definition) is 3. The van der Waals surface area contributed by atoms with Crippen LogP contribution in [0, 0.1) is 0 Å². The van der Waals surface area contributed by atoms with Crippen molar-refractivity contribution in [3.63, 3.8) is 0 Å². The molecule has 3 rings (SSSR count). The molecule has 12 nitrogen and oxygen atoms in total. The number of carboxylic acid groups (broad SMARTS) is 1. The number of rotatable bonds is 11. The van der Waals surface area contributed by atoms with Crippen molar-refractivity contribution in [3.05, 3.63) is 48.2 Å². The van der Waals surface area contributed by atoms with Crippen molar-refractivity contribution in [1.29, 1.82) is 0 Å². The van der Waals surface area contributed by atoms with Crippen molar-refractivity contribution in [2.24, 2.45) is 5.73 Å². The van der Waals surface area contributed by atoms with Gasteiger partial charge in [-0.2, -0.15) is 0 Å². The Balaban J connectivity index is 1.78. The van der Waals surface area contributed by atoms with Crippen LogP contribution in [0.25, 0.3) is 11.3 Å². The number of carbonyl (C=O) groups is 4. The quantitative estimate of drug-likeness (QED) is 0.391. The molecule has 12 heteroatoms. The molecule has 4 N–H and O–H groups in total. The number of ether oxygens (including phenoxy) is 2. The maximum atomic E-state index is 13.3. The molecule has 0 bridgehead atoms. The van der Waals surface area contributed by atoms with Crippen LogP contribution in [0.2, 0.25) is 0 Å². The molecule has 1 aromatic carbocycles. The number of benzene rings is 1. The van der Waals surface area contributed by atoms with E-state index in [2.05, 4.69) is 10.3 Å². The number of carbonyl (C=O) groups excluding carboxylic acids is 3. The van der Waals surface area contributed by atoms with Crippen LogP contribution in [-0.4, -0.2) is 95.7 Å². The molecule has 1 saturated heterocycles. The third kappa shape index (κ3) is 7.90. The zero-order valence-corrected chi connectivity index (χ0v) is 21.3. The highest BCUT2D eigenvalue weighted by molar-refractivity contribution is 5.97. The molecule has 1 aromatic heterocycles. The van der Waals surface area contributed by atoms with Gasteiger partial charge < -0.3 is 35.4 Å². The SMILES string of the molecule is CCOC(=O)N1CCN(C(=O)[C@H](CCC(=O)O)NC(=O)c2cc(OCCN)cc(-c3ccccc3)n2)CC1.